The zero-order valence-electron chi connectivity index (χ0n) is 6.66. The van der Waals surface area contributed by atoms with Crippen molar-refractivity contribution in [2.75, 3.05) is 0 Å². The molecule has 0 fully saturated rings. The van der Waals surface area contributed by atoms with Crippen LogP contribution in [-0.2, 0) is 0 Å². The van der Waals surface area contributed by atoms with E-state index in [1.54, 1.807) is 0 Å². The van der Waals surface area contributed by atoms with Crippen LogP contribution in [0.15, 0.2) is 35.1 Å². The monoisotopic (exact) mass is 218 g/mol. The molecule has 0 N–H and O–H groups in total. The highest BCUT2D eigenvalue weighted by Crippen LogP contribution is 2.18. The van der Waals surface area contributed by atoms with Crippen molar-refractivity contribution in [3.63, 3.8) is 0 Å². The van der Waals surface area contributed by atoms with Gasteiger partial charge >= 0.3 is 0 Å². The molecule has 11 heavy (non-hydrogen) atoms. The van der Waals surface area contributed by atoms with E-state index in [0.717, 1.165) is 18.4 Å². The minimum Gasteiger partial charge on any atom is -0.206 e. The summed E-state index contributed by atoms with van der Waals surface area (Å²) in [5.74, 6) is -0.344. The van der Waals surface area contributed by atoms with Crippen LogP contribution in [-0.4, -0.2) is 0 Å². The van der Waals surface area contributed by atoms with Gasteiger partial charge in [-0.1, -0.05) is 32.1 Å². The van der Waals surface area contributed by atoms with Crippen molar-refractivity contribution in [3.05, 3.63) is 35.1 Å². The molecule has 0 heterocycles. The third kappa shape index (κ3) is 4.96. The van der Waals surface area contributed by atoms with Crippen molar-refractivity contribution in [3.8, 4) is 0 Å². The molecule has 2 heteroatoms. The molecule has 0 spiro atoms. The molecule has 0 aliphatic carbocycles. The average molecular weight is 219 g/mol. The van der Waals surface area contributed by atoms with Gasteiger partial charge < -0.3 is 0 Å². The van der Waals surface area contributed by atoms with Gasteiger partial charge in [0.15, 0.2) is 0 Å². The zero-order chi connectivity index (χ0) is 8.85. The highest BCUT2D eigenvalue weighted by molar-refractivity contribution is 9.11. The lowest BCUT2D eigenvalue weighted by molar-refractivity contribution is 0.662. The molecule has 0 aromatic carbocycles. The lowest BCUT2D eigenvalue weighted by Gasteiger charge is -1.96. The summed E-state index contributed by atoms with van der Waals surface area (Å²) in [6.07, 6.45) is 3.21. The van der Waals surface area contributed by atoms with E-state index in [0.29, 0.717) is 0 Å². The molecule has 0 aliphatic heterocycles. The van der Waals surface area contributed by atoms with Gasteiger partial charge in [-0.15, -0.1) is 0 Å². The standard InChI is InChI=1S/C9H12BrF/c1-4-5-7(2)6-9(11)8(3)10/h6H,2-5H2,1H3/b9-6+. The van der Waals surface area contributed by atoms with Gasteiger partial charge in [0.05, 0.1) is 0 Å². The van der Waals surface area contributed by atoms with E-state index in [9.17, 15) is 4.39 Å². The molecule has 0 saturated carbocycles. The first-order valence-electron chi connectivity index (χ1n) is 3.47. The fraction of sp³-hybridized carbons (Fsp3) is 0.333. The number of allylic oxidation sites excluding steroid dienone is 4. The van der Waals surface area contributed by atoms with Gasteiger partial charge in [-0.25, -0.2) is 4.39 Å². The summed E-state index contributed by atoms with van der Waals surface area (Å²) < 4.78 is 13.0. The fourth-order valence-corrected chi connectivity index (χ4v) is 0.765. The van der Waals surface area contributed by atoms with Crippen LogP contribution >= 0.6 is 15.9 Å². The summed E-state index contributed by atoms with van der Waals surface area (Å²) in [5, 5.41) is 0. The summed E-state index contributed by atoms with van der Waals surface area (Å²) in [7, 11) is 0. The second-order valence-corrected chi connectivity index (χ2v) is 3.26. The van der Waals surface area contributed by atoms with Crippen LogP contribution in [0.25, 0.3) is 0 Å². The van der Waals surface area contributed by atoms with Crippen LogP contribution in [0.4, 0.5) is 4.39 Å². The van der Waals surface area contributed by atoms with Crippen LogP contribution in [0.1, 0.15) is 19.8 Å². The lowest BCUT2D eigenvalue weighted by Crippen LogP contribution is -1.77. The van der Waals surface area contributed by atoms with E-state index in [-0.39, 0.29) is 10.3 Å². The Morgan fingerprint density at radius 1 is 1.55 bits per heavy atom. The summed E-state index contributed by atoms with van der Waals surface area (Å²) in [5.41, 5.74) is 0.797. The first-order valence-corrected chi connectivity index (χ1v) is 4.27. The number of rotatable bonds is 4. The normalized spacial score (nSPS) is 11.4. The molecule has 0 unspecified atom stereocenters. The first kappa shape index (κ1) is 10.6. The predicted octanol–water partition coefficient (Wildman–Crippen LogP) is 4.10. The Morgan fingerprint density at radius 3 is 2.45 bits per heavy atom. The third-order valence-corrected chi connectivity index (χ3v) is 1.54. The maximum absolute atomic E-state index is 12.8. The third-order valence-electron chi connectivity index (χ3n) is 1.16. The number of hydrogen-bond donors (Lipinski definition) is 0. The summed E-state index contributed by atoms with van der Waals surface area (Å²) in [6.45, 7) is 9.12. The molecule has 0 atom stereocenters. The topological polar surface area (TPSA) is 0 Å². The molecular weight excluding hydrogens is 207 g/mol. The molecule has 0 bridgehead atoms. The Bertz CT molecular complexity index is 192. The maximum Gasteiger partial charge on any atom is 0.137 e. The van der Waals surface area contributed by atoms with E-state index >= 15 is 0 Å². The average Bonchev–Trinajstić information content (AvgIpc) is 1.87. The summed E-state index contributed by atoms with van der Waals surface area (Å²) in [6, 6.07) is 0. The Balaban J connectivity index is 4.08. The van der Waals surface area contributed by atoms with E-state index in [1.165, 1.54) is 6.08 Å². The number of hydrogen-bond acceptors (Lipinski definition) is 0. The van der Waals surface area contributed by atoms with Crippen LogP contribution in [0, 0.1) is 0 Å². The second-order valence-electron chi connectivity index (χ2n) is 2.31. The highest BCUT2D eigenvalue weighted by atomic mass is 79.9. The zero-order valence-corrected chi connectivity index (χ0v) is 8.25. The molecule has 0 amide bonds. The molecule has 0 nitrogen and oxygen atoms in total. The molecule has 0 aromatic rings. The van der Waals surface area contributed by atoms with Gasteiger partial charge in [-0.05, 0) is 28.4 Å². The summed E-state index contributed by atoms with van der Waals surface area (Å²) >= 11 is 2.94. The Kier molecular flexibility index (Phi) is 5.12. The Morgan fingerprint density at radius 2 is 2.09 bits per heavy atom. The van der Waals surface area contributed by atoms with E-state index < -0.39 is 0 Å². The number of halogens is 2. The van der Waals surface area contributed by atoms with E-state index in [1.807, 2.05) is 6.92 Å². The van der Waals surface area contributed by atoms with Crippen molar-refractivity contribution in [2.45, 2.75) is 19.8 Å². The molecule has 0 rings (SSSR count). The molecule has 0 radical (unpaired) electrons. The smallest absolute Gasteiger partial charge is 0.137 e. The van der Waals surface area contributed by atoms with Gasteiger partial charge in [-0.2, -0.15) is 0 Å². The second kappa shape index (κ2) is 5.30. The van der Waals surface area contributed by atoms with Gasteiger partial charge in [0.1, 0.15) is 5.83 Å². The van der Waals surface area contributed by atoms with Gasteiger partial charge in [0.25, 0.3) is 0 Å². The van der Waals surface area contributed by atoms with Gasteiger partial charge in [-0.3, -0.25) is 0 Å². The highest BCUT2D eigenvalue weighted by Gasteiger charge is 1.96. The van der Waals surface area contributed by atoms with Gasteiger partial charge in [0, 0.05) is 4.48 Å². The quantitative estimate of drug-likeness (QED) is 0.624. The maximum atomic E-state index is 12.8. The first-order chi connectivity index (χ1) is 5.07. The van der Waals surface area contributed by atoms with Crippen molar-refractivity contribution in [1.82, 2.24) is 0 Å². The van der Waals surface area contributed by atoms with Crippen LogP contribution in [0.3, 0.4) is 0 Å². The molecular formula is C9H12BrF. The van der Waals surface area contributed by atoms with E-state index in [2.05, 4.69) is 29.1 Å². The van der Waals surface area contributed by atoms with Gasteiger partial charge in [0.2, 0.25) is 0 Å². The van der Waals surface area contributed by atoms with Crippen molar-refractivity contribution in [1.29, 1.82) is 0 Å². The van der Waals surface area contributed by atoms with Crippen molar-refractivity contribution >= 4 is 15.9 Å². The molecule has 0 saturated heterocycles. The Hall–Kier alpha value is -0.370. The lowest BCUT2D eigenvalue weighted by atomic mass is 10.1. The molecule has 0 aliphatic rings. The molecule has 0 aromatic heterocycles. The molecule has 62 valence electrons. The van der Waals surface area contributed by atoms with Crippen LogP contribution in [0.2, 0.25) is 0 Å². The fourth-order valence-electron chi connectivity index (χ4n) is 0.651. The van der Waals surface area contributed by atoms with Crippen LogP contribution in [0.5, 0.6) is 0 Å². The van der Waals surface area contributed by atoms with Crippen molar-refractivity contribution in [2.24, 2.45) is 0 Å². The minimum atomic E-state index is -0.344. The SMILES string of the molecule is C=C(/C=C(/F)C(=C)Br)CCC. The Labute approximate surface area is 75.6 Å². The van der Waals surface area contributed by atoms with E-state index in [4.69, 9.17) is 0 Å². The largest absolute Gasteiger partial charge is 0.206 e. The summed E-state index contributed by atoms with van der Waals surface area (Å²) in [4.78, 5) is 0. The predicted molar refractivity (Wildman–Crippen MR) is 51.3 cm³/mol. The minimum absolute atomic E-state index is 0.273. The van der Waals surface area contributed by atoms with Crippen LogP contribution < -0.4 is 0 Å². The van der Waals surface area contributed by atoms with Crippen molar-refractivity contribution < 1.29 is 4.39 Å².